The molecule has 1 fully saturated rings. The van der Waals surface area contributed by atoms with Crippen molar-refractivity contribution in [3.05, 3.63) is 58.8 Å². The highest BCUT2D eigenvalue weighted by Crippen LogP contribution is 2.41. The highest BCUT2D eigenvalue weighted by molar-refractivity contribution is 5.94. The summed E-state index contributed by atoms with van der Waals surface area (Å²) in [7, 11) is 5.40. The zero-order valence-corrected chi connectivity index (χ0v) is 33.8. The number of hydrogen-bond acceptors (Lipinski definition) is 9. The van der Waals surface area contributed by atoms with Gasteiger partial charge >= 0.3 is 5.97 Å². The van der Waals surface area contributed by atoms with Crippen LogP contribution in [0.25, 0.3) is 27.6 Å². The molecule has 1 aromatic heterocycles. The van der Waals surface area contributed by atoms with E-state index in [-0.39, 0.29) is 36.5 Å². The third-order valence-electron chi connectivity index (χ3n) is 11.1. The van der Waals surface area contributed by atoms with Crippen LogP contribution < -0.4 is 10.7 Å². The zero-order chi connectivity index (χ0) is 39.6. The standard InChI is InChI=1S/C43H59N5O7/c1-9-47-37-13-12-28-21-33(37)34(39(47)32-14-16-54-24-30(32)23-53-8)22-43(4,5)25-55-42(52)35-11-10-15-48(45-35)41(51)36(19-27-17-29(28)20-31(49)18-27)44-40(50)38(26(2)3)46(6)7/h12-13,17-18,20-21,26,35-36,38,45,49H,9-11,14-16,19,22-25H2,1-8H3,(H,44,50)/t35-,36-,38?/m0/s1. The van der Waals surface area contributed by atoms with E-state index in [1.54, 1.807) is 19.2 Å². The number of phenolic OH excluding ortho intramolecular Hbond substituents is 1. The van der Waals surface area contributed by atoms with E-state index in [0.29, 0.717) is 51.2 Å². The molecule has 298 valence electrons. The van der Waals surface area contributed by atoms with Gasteiger partial charge in [0.05, 0.1) is 32.5 Å². The molecule has 3 aliphatic rings. The number of hydrogen-bond donors (Lipinski definition) is 3. The number of nitrogens with one attached hydrogen (secondary N) is 2. The molecule has 55 heavy (non-hydrogen) atoms. The lowest BCUT2D eigenvalue weighted by molar-refractivity contribution is -0.155. The predicted octanol–water partition coefficient (Wildman–Crippen LogP) is 5.09. The molecular weight excluding hydrogens is 699 g/mol. The number of phenols is 1. The molecule has 6 bridgehead atoms. The summed E-state index contributed by atoms with van der Waals surface area (Å²) in [5.74, 6) is -0.973. The molecule has 0 spiro atoms. The highest BCUT2D eigenvalue weighted by Gasteiger charge is 2.37. The summed E-state index contributed by atoms with van der Waals surface area (Å²) >= 11 is 0. The Morgan fingerprint density at radius 2 is 1.93 bits per heavy atom. The number of rotatable bonds is 8. The maximum absolute atomic E-state index is 14.3. The van der Waals surface area contributed by atoms with Crippen LogP contribution in [-0.2, 0) is 48.0 Å². The van der Waals surface area contributed by atoms with Gasteiger partial charge in [-0.3, -0.25) is 24.3 Å². The van der Waals surface area contributed by atoms with Crippen molar-refractivity contribution in [2.45, 2.75) is 91.4 Å². The van der Waals surface area contributed by atoms with E-state index in [1.165, 1.54) is 16.1 Å². The number of carbonyl (C=O) groups excluding carboxylic acids is 3. The van der Waals surface area contributed by atoms with Gasteiger partial charge in [-0.2, -0.15) is 0 Å². The number of aromatic nitrogens is 1. The molecule has 3 aliphatic heterocycles. The number of ether oxygens (including phenoxy) is 3. The SMILES string of the molecule is CCn1c(C2=C(COC)COCC2)c2c3cc(ccc31)-c1cc(O)cc(c1)C[C@H](NC(=O)C(C(C)C)N(C)C)C(=O)N1CCC[C@H](N1)C(=O)OCC(C)(C)C2. The first kappa shape index (κ1) is 40.4. The topological polar surface area (TPSA) is 135 Å². The summed E-state index contributed by atoms with van der Waals surface area (Å²) in [5.41, 5.74) is 10.9. The minimum atomic E-state index is -0.965. The van der Waals surface area contributed by atoms with Gasteiger partial charge in [0.15, 0.2) is 0 Å². The quantitative estimate of drug-likeness (QED) is 0.269. The van der Waals surface area contributed by atoms with Crippen LogP contribution >= 0.6 is 0 Å². The Morgan fingerprint density at radius 3 is 2.64 bits per heavy atom. The molecule has 12 heteroatoms. The number of cyclic esters (lactones) is 1. The van der Waals surface area contributed by atoms with E-state index >= 15 is 0 Å². The number of aromatic hydroxyl groups is 1. The summed E-state index contributed by atoms with van der Waals surface area (Å²) in [6, 6.07) is 9.65. The van der Waals surface area contributed by atoms with Crippen molar-refractivity contribution in [1.82, 2.24) is 25.2 Å². The molecule has 0 radical (unpaired) electrons. The Balaban J connectivity index is 1.52. The third-order valence-corrected chi connectivity index (χ3v) is 11.1. The fourth-order valence-electron chi connectivity index (χ4n) is 8.66. The lowest BCUT2D eigenvalue weighted by Crippen LogP contribution is -2.61. The van der Waals surface area contributed by atoms with Gasteiger partial charge in [-0.15, -0.1) is 0 Å². The first-order valence-electron chi connectivity index (χ1n) is 19.7. The lowest BCUT2D eigenvalue weighted by atomic mass is 9.83. The van der Waals surface area contributed by atoms with Gasteiger partial charge in [0.2, 0.25) is 5.91 Å². The van der Waals surface area contributed by atoms with Crippen LogP contribution in [0.4, 0.5) is 0 Å². The molecule has 12 nitrogen and oxygen atoms in total. The monoisotopic (exact) mass is 757 g/mol. The van der Waals surface area contributed by atoms with E-state index in [9.17, 15) is 19.5 Å². The maximum Gasteiger partial charge on any atom is 0.324 e. The Hall–Kier alpha value is -4.23. The second-order valence-corrected chi connectivity index (χ2v) is 16.7. The molecule has 1 saturated heterocycles. The molecule has 2 aromatic carbocycles. The smallest absolute Gasteiger partial charge is 0.324 e. The van der Waals surface area contributed by atoms with Crippen molar-refractivity contribution in [3.8, 4) is 16.9 Å². The van der Waals surface area contributed by atoms with Crippen LogP contribution in [0, 0.1) is 11.3 Å². The van der Waals surface area contributed by atoms with Crippen molar-refractivity contribution in [2.24, 2.45) is 11.3 Å². The molecule has 3 N–H and O–H groups in total. The van der Waals surface area contributed by atoms with Crippen molar-refractivity contribution in [1.29, 1.82) is 0 Å². The summed E-state index contributed by atoms with van der Waals surface area (Å²) in [6.07, 6.45) is 2.63. The van der Waals surface area contributed by atoms with Gasteiger partial charge in [-0.05, 0) is 110 Å². The molecule has 2 amide bonds. The number of hydrazine groups is 1. The van der Waals surface area contributed by atoms with E-state index in [4.69, 9.17) is 14.2 Å². The number of benzene rings is 2. The molecule has 4 heterocycles. The first-order valence-corrected chi connectivity index (χ1v) is 19.7. The van der Waals surface area contributed by atoms with Crippen LogP contribution in [0.1, 0.15) is 70.7 Å². The second kappa shape index (κ2) is 16.9. The van der Waals surface area contributed by atoms with Gasteiger partial charge in [-0.1, -0.05) is 39.8 Å². The van der Waals surface area contributed by atoms with Crippen LogP contribution in [0.15, 0.2) is 42.0 Å². The summed E-state index contributed by atoms with van der Waals surface area (Å²) in [6.45, 7) is 13.2. The minimum absolute atomic E-state index is 0.00889. The first-order chi connectivity index (χ1) is 26.2. The number of fused-ring (bicyclic) bond motifs is 6. The highest BCUT2D eigenvalue weighted by atomic mass is 16.5. The summed E-state index contributed by atoms with van der Waals surface area (Å²) in [4.78, 5) is 43.7. The number of nitrogens with zero attached hydrogens (tertiary/aromatic N) is 3. The number of likely N-dealkylation sites (N-methyl/N-ethyl adjacent to an activating group) is 1. The number of carbonyl (C=O) groups is 3. The van der Waals surface area contributed by atoms with E-state index in [1.807, 2.05) is 38.9 Å². The molecule has 0 aliphatic carbocycles. The average Bonchev–Trinajstić information content (AvgIpc) is 3.44. The summed E-state index contributed by atoms with van der Waals surface area (Å²) < 4.78 is 20.0. The Morgan fingerprint density at radius 1 is 1.15 bits per heavy atom. The Kier molecular flexibility index (Phi) is 12.4. The van der Waals surface area contributed by atoms with Crippen molar-refractivity contribution in [2.75, 3.05) is 54.2 Å². The van der Waals surface area contributed by atoms with Crippen molar-refractivity contribution < 1.29 is 33.7 Å². The zero-order valence-electron chi connectivity index (χ0n) is 33.8. The van der Waals surface area contributed by atoms with Gasteiger partial charge in [0, 0.05) is 48.6 Å². The summed E-state index contributed by atoms with van der Waals surface area (Å²) in [5, 5.41) is 16.7. The van der Waals surface area contributed by atoms with Crippen molar-refractivity contribution in [3.63, 3.8) is 0 Å². The van der Waals surface area contributed by atoms with E-state index < -0.39 is 29.5 Å². The average molecular weight is 758 g/mol. The molecule has 1 unspecified atom stereocenters. The fraction of sp³-hybridized carbons (Fsp3) is 0.558. The Labute approximate surface area is 325 Å². The third kappa shape index (κ3) is 8.77. The van der Waals surface area contributed by atoms with Crippen LogP contribution in [0.3, 0.4) is 0 Å². The molecule has 6 rings (SSSR count). The van der Waals surface area contributed by atoms with Crippen molar-refractivity contribution >= 4 is 34.3 Å². The van der Waals surface area contributed by atoms with Crippen LogP contribution in [0.2, 0.25) is 0 Å². The number of methoxy groups -OCH3 is 1. The largest absolute Gasteiger partial charge is 0.508 e. The van der Waals surface area contributed by atoms with Gasteiger partial charge in [0.25, 0.3) is 5.91 Å². The maximum atomic E-state index is 14.3. The second-order valence-electron chi connectivity index (χ2n) is 16.7. The molecule has 3 aromatic rings. The van der Waals surface area contributed by atoms with E-state index in [0.717, 1.165) is 46.3 Å². The number of aryl methyl sites for hydroxylation is 1. The van der Waals surface area contributed by atoms with Gasteiger partial charge in [0.1, 0.15) is 17.8 Å². The van der Waals surface area contributed by atoms with Crippen LogP contribution in [-0.4, -0.2) is 110 Å². The number of amides is 2. The number of esters is 1. The molecular formula is C43H59N5O7. The van der Waals surface area contributed by atoms with E-state index in [2.05, 4.69) is 54.3 Å². The molecule has 0 saturated carbocycles. The van der Waals surface area contributed by atoms with Gasteiger partial charge < -0.3 is 29.2 Å². The fourth-order valence-corrected chi connectivity index (χ4v) is 8.66. The normalized spacial score (nSPS) is 21.5. The lowest BCUT2D eigenvalue weighted by Gasteiger charge is -2.36. The minimum Gasteiger partial charge on any atom is -0.508 e. The van der Waals surface area contributed by atoms with Gasteiger partial charge in [-0.25, -0.2) is 5.43 Å². The van der Waals surface area contributed by atoms with Crippen LogP contribution in [0.5, 0.6) is 5.75 Å². The predicted molar refractivity (Wildman–Crippen MR) is 213 cm³/mol. The Bertz CT molecular complexity index is 1940. The molecule has 3 atom stereocenters.